The number of carbonyl (C=O) groups excluding carboxylic acids is 1. The number of amides is 1. The van der Waals surface area contributed by atoms with Crippen molar-refractivity contribution < 1.29 is 4.79 Å². The standard InChI is InChI=1S/C15H24N2O/c16-3-1-2-4-17-15(18)14-12-6-10-5-11(8-12)9-13(14)7-10/h1-2,10-14H,3-9,16H2,(H,17,18)/b2-1+. The molecule has 0 aromatic heterocycles. The van der Waals surface area contributed by atoms with Gasteiger partial charge in [-0.3, -0.25) is 4.79 Å². The van der Waals surface area contributed by atoms with Gasteiger partial charge < -0.3 is 11.1 Å². The molecule has 0 aromatic rings. The molecular weight excluding hydrogens is 224 g/mol. The molecule has 3 N–H and O–H groups in total. The van der Waals surface area contributed by atoms with E-state index in [0.717, 1.165) is 11.8 Å². The Balaban J connectivity index is 1.59. The van der Waals surface area contributed by atoms with Crippen LogP contribution in [0.1, 0.15) is 32.1 Å². The van der Waals surface area contributed by atoms with Gasteiger partial charge in [0, 0.05) is 19.0 Å². The van der Waals surface area contributed by atoms with Crippen molar-refractivity contribution in [2.75, 3.05) is 13.1 Å². The first kappa shape index (κ1) is 12.2. The second-order valence-electron chi connectivity index (χ2n) is 6.41. The van der Waals surface area contributed by atoms with Crippen molar-refractivity contribution in [3.63, 3.8) is 0 Å². The van der Waals surface area contributed by atoms with Crippen molar-refractivity contribution in [3.05, 3.63) is 12.2 Å². The Morgan fingerprint density at radius 3 is 2.22 bits per heavy atom. The van der Waals surface area contributed by atoms with E-state index in [1.807, 2.05) is 12.2 Å². The van der Waals surface area contributed by atoms with E-state index in [0.29, 0.717) is 36.8 Å². The molecule has 0 saturated heterocycles. The highest BCUT2D eigenvalue weighted by atomic mass is 16.1. The predicted molar refractivity (Wildman–Crippen MR) is 71.7 cm³/mol. The predicted octanol–water partition coefficient (Wildman–Crippen LogP) is 1.69. The molecule has 4 bridgehead atoms. The van der Waals surface area contributed by atoms with Crippen LogP contribution >= 0.6 is 0 Å². The van der Waals surface area contributed by atoms with Crippen LogP contribution in [0.5, 0.6) is 0 Å². The van der Waals surface area contributed by atoms with Crippen LogP contribution in [-0.2, 0) is 4.79 Å². The third kappa shape index (κ3) is 2.20. The lowest BCUT2D eigenvalue weighted by Gasteiger charge is -2.53. The van der Waals surface area contributed by atoms with E-state index >= 15 is 0 Å². The number of nitrogens with two attached hydrogens (primary N) is 1. The van der Waals surface area contributed by atoms with Crippen molar-refractivity contribution in [1.29, 1.82) is 0 Å². The van der Waals surface area contributed by atoms with E-state index in [1.165, 1.54) is 32.1 Å². The van der Waals surface area contributed by atoms with Gasteiger partial charge in [-0.1, -0.05) is 12.2 Å². The SMILES string of the molecule is NC/C=C/CNC(=O)C1C2CC3CC(C2)CC1C3. The van der Waals surface area contributed by atoms with Crippen LogP contribution in [0.25, 0.3) is 0 Å². The van der Waals surface area contributed by atoms with Crippen LogP contribution in [0.3, 0.4) is 0 Å². The molecule has 0 aliphatic heterocycles. The Kier molecular flexibility index (Phi) is 3.42. The van der Waals surface area contributed by atoms with Gasteiger partial charge >= 0.3 is 0 Å². The molecule has 3 nitrogen and oxygen atoms in total. The van der Waals surface area contributed by atoms with Gasteiger partial charge in [0.25, 0.3) is 0 Å². The maximum atomic E-state index is 12.3. The number of carbonyl (C=O) groups is 1. The Morgan fingerprint density at radius 1 is 1.06 bits per heavy atom. The molecule has 4 aliphatic carbocycles. The molecular formula is C15H24N2O. The minimum Gasteiger partial charge on any atom is -0.352 e. The molecule has 0 spiro atoms. The number of hydrogen-bond donors (Lipinski definition) is 2. The van der Waals surface area contributed by atoms with Gasteiger partial charge in [0.2, 0.25) is 5.91 Å². The molecule has 18 heavy (non-hydrogen) atoms. The van der Waals surface area contributed by atoms with Gasteiger partial charge in [-0.05, 0) is 55.8 Å². The van der Waals surface area contributed by atoms with Crippen LogP contribution in [0.2, 0.25) is 0 Å². The molecule has 0 unspecified atom stereocenters. The third-order valence-corrected chi connectivity index (χ3v) is 5.23. The molecule has 4 fully saturated rings. The molecule has 4 aliphatic rings. The maximum absolute atomic E-state index is 12.3. The first-order chi connectivity index (χ1) is 8.78. The third-order valence-electron chi connectivity index (χ3n) is 5.23. The summed E-state index contributed by atoms with van der Waals surface area (Å²) >= 11 is 0. The van der Waals surface area contributed by atoms with Gasteiger partial charge in [0.05, 0.1) is 0 Å². The average Bonchev–Trinajstić information content (AvgIpc) is 2.33. The number of nitrogens with one attached hydrogen (secondary N) is 1. The minimum absolute atomic E-state index is 0.297. The Bertz CT molecular complexity index is 322. The van der Waals surface area contributed by atoms with Crippen LogP contribution in [0, 0.1) is 29.6 Å². The molecule has 0 radical (unpaired) electrons. The lowest BCUT2D eigenvalue weighted by molar-refractivity contribution is -0.137. The van der Waals surface area contributed by atoms with Crippen LogP contribution in [0.4, 0.5) is 0 Å². The molecule has 0 heterocycles. The lowest BCUT2D eigenvalue weighted by Crippen LogP contribution is -2.51. The Hall–Kier alpha value is -0.830. The van der Waals surface area contributed by atoms with Crippen molar-refractivity contribution in [1.82, 2.24) is 5.32 Å². The molecule has 3 heteroatoms. The summed E-state index contributed by atoms with van der Waals surface area (Å²) in [5.74, 6) is 3.84. The van der Waals surface area contributed by atoms with Gasteiger partial charge in [-0.2, -0.15) is 0 Å². The van der Waals surface area contributed by atoms with E-state index < -0.39 is 0 Å². The second-order valence-corrected chi connectivity index (χ2v) is 6.41. The van der Waals surface area contributed by atoms with Crippen LogP contribution in [0.15, 0.2) is 12.2 Å². The van der Waals surface area contributed by atoms with Gasteiger partial charge in [0.1, 0.15) is 0 Å². The molecule has 100 valence electrons. The van der Waals surface area contributed by atoms with Crippen molar-refractivity contribution in [3.8, 4) is 0 Å². The fourth-order valence-corrected chi connectivity index (χ4v) is 4.81. The molecule has 0 atom stereocenters. The molecule has 4 rings (SSSR count). The molecule has 1 amide bonds. The van der Waals surface area contributed by atoms with Crippen molar-refractivity contribution in [2.24, 2.45) is 35.3 Å². The smallest absolute Gasteiger partial charge is 0.223 e. The maximum Gasteiger partial charge on any atom is 0.223 e. The van der Waals surface area contributed by atoms with Crippen LogP contribution < -0.4 is 11.1 Å². The fourth-order valence-electron chi connectivity index (χ4n) is 4.81. The topological polar surface area (TPSA) is 55.1 Å². The summed E-state index contributed by atoms with van der Waals surface area (Å²) in [5.41, 5.74) is 5.38. The molecule has 4 saturated carbocycles. The summed E-state index contributed by atoms with van der Waals surface area (Å²) in [6, 6.07) is 0. The number of rotatable bonds is 4. The zero-order chi connectivity index (χ0) is 12.5. The summed E-state index contributed by atoms with van der Waals surface area (Å²) in [6.07, 6.45) is 10.5. The van der Waals surface area contributed by atoms with E-state index in [4.69, 9.17) is 5.73 Å². The zero-order valence-corrected chi connectivity index (χ0v) is 11.0. The summed E-state index contributed by atoms with van der Waals surface area (Å²) in [7, 11) is 0. The quantitative estimate of drug-likeness (QED) is 0.744. The van der Waals surface area contributed by atoms with E-state index in [9.17, 15) is 4.79 Å². The monoisotopic (exact) mass is 248 g/mol. The Labute approximate surface area is 109 Å². The highest BCUT2D eigenvalue weighted by Crippen LogP contribution is 2.56. The summed E-state index contributed by atoms with van der Waals surface area (Å²) in [5, 5.41) is 3.06. The highest BCUT2D eigenvalue weighted by molar-refractivity contribution is 5.79. The summed E-state index contributed by atoms with van der Waals surface area (Å²) in [6.45, 7) is 1.19. The molecule has 0 aromatic carbocycles. The minimum atomic E-state index is 0.297. The second kappa shape index (κ2) is 5.04. The lowest BCUT2D eigenvalue weighted by atomic mass is 9.51. The fraction of sp³-hybridized carbons (Fsp3) is 0.800. The van der Waals surface area contributed by atoms with E-state index in [1.54, 1.807) is 0 Å². The Morgan fingerprint density at radius 2 is 1.67 bits per heavy atom. The summed E-state index contributed by atoms with van der Waals surface area (Å²) in [4.78, 5) is 12.3. The first-order valence-electron chi connectivity index (χ1n) is 7.40. The highest BCUT2D eigenvalue weighted by Gasteiger charge is 2.50. The van der Waals surface area contributed by atoms with Gasteiger partial charge in [-0.25, -0.2) is 0 Å². The van der Waals surface area contributed by atoms with E-state index in [2.05, 4.69) is 5.32 Å². The van der Waals surface area contributed by atoms with Crippen LogP contribution in [-0.4, -0.2) is 19.0 Å². The zero-order valence-electron chi connectivity index (χ0n) is 11.0. The first-order valence-corrected chi connectivity index (χ1v) is 7.40. The average molecular weight is 248 g/mol. The number of hydrogen-bond acceptors (Lipinski definition) is 2. The van der Waals surface area contributed by atoms with Gasteiger partial charge in [0.15, 0.2) is 0 Å². The normalized spacial score (nSPS) is 41.5. The van der Waals surface area contributed by atoms with Gasteiger partial charge in [-0.15, -0.1) is 0 Å². The van der Waals surface area contributed by atoms with Crippen molar-refractivity contribution in [2.45, 2.75) is 32.1 Å². The largest absolute Gasteiger partial charge is 0.352 e. The summed E-state index contributed by atoms with van der Waals surface area (Å²) < 4.78 is 0. The van der Waals surface area contributed by atoms with E-state index in [-0.39, 0.29) is 0 Å². The van der Waals surface area contributed by atoms with Crippen molar-refractivity contribution >= 4 is 5.91 Å².